The summed E-state index contributed by atoms with van der Waals surface area (Å²) in [5.41, 5.74) is 2.36. The molecule has 0 amide bonds. The third kappa shape index (κ3) is 0.806. The first-order valence-corrected chi connectivity index (χ1v) is 4.21. The lowest BCUT2D eigenvalue weighted by Gasteiger charge is -1.99. The summed E-state index contributed by atoms with van der Waals surface area (Å²) >= 11 is 0. The maximum Gasteiger partial charge on any atom is 0.174 e. The molecule has 3 heterocycles. The van der Waals surface area contributed by atoms with Gasteiger partial charge in [-0.05, 0) is 12.1 Å². The molecule has 0 saturated carbocycles. The SMILES string of the molecule is N=c1nc2ccccn2c2nc[nH]c12. The van der Waals surface area contributed by atoms with Crippen LogP contribution in [0.15, 0.2) is 30.7 Å². The molecule has 0 radical (unpaired) electrons. The Hall–Kier alpha value is -2.17. The molecule has 5 heteroatoms. The maximum atomic E-state index is 7.67. The van der Waals surface area contributed by atoms with E-state index in [9.17, 15) is 0 Å². The van der Waals surface area contributed by atoms with E-state index in [1.165, 1.54) is 0 Å². The van der Waals surface area contributed by atoms with Gasteiger partial charge in [0.2, 0.25) is 0 Å². The first kappa shape index (κ1) is 7.25. The zero-order chi connectivity index (χ0) is 9.54. The topological polar surface area (TPSA) is 69.8 Å². The Labute approximate surface area is 78.6 Å². The monoisotopic (exact) mass is 185 g/mol. The van der Waals surface area contributed by atoms with Crippen LogP contribution in [0.25, 0.3) is 16.8 Å². The zero-order valence-electron chi connectivity index (χ0n) is 7.23. The summed E-state index contributed by atoms with van der Waals surface area (Å²) in [6.07, 6.45) is 3.45. The van der Waals surface area contributed by atoms with Crippen LogP contribution in [-0.4, -0.2) is 19.4 Å². The number of pyridine rings is 1. The van der Waals surface area contributed by atoms with Crippen molar-refractivity contribution in [1.82, 2.24) is 19.4 Å². The summed E-state index contributed by atoms with van der Waals surface area (Å²) in [6.45, 7) is 0. The van der Waals surface area contributed by atoms with E-state index in [0.717, 1.165) is 11.3 Å². The minimum absolute atomic E-state index is 0.226. The predicted octanol–water partition coefficient (Wildman–Crippen LogP) is 0.690. The molecule has 3 aromatic heterocycles. The number of rotatable bonds is 0. The Balaban J connectivity index is 2.73. The molecule has 0 atom stereocenters. The van der Waals surface area contributed by atoms with Gasteiger partial charge in [0.05, 0.1) is 6.33 Å². The van der Waals surface area contributed by atoms with E-state index in [1.54, 1.807) is 6.33 Å². The average Bonchev–Trinajstić information content (AvgIpc) is 2.67. The van der Waals surface area contributed by atoms with Crippen LogP contribution in [-0.2, 0) is 0 Å². The Morgan fingerprint density at radius 1 is 1.36 bits per heavy atom. The first-order chi connectivity index (χ1) is 6.86. The fraction of sp³-hybridized carbons (Fsp3) is 0. The fourth-order valence-corrected chi connectivity index (χ4v) is 1.52. The van der Waals surface area contributed by atoms with Crippen LogP contribution in [0.2, 0.25) is 0 Å². The van der Waals surface area contributed by atoms with Crippen LogP contribution in [0.1, 0.15) is 0 Å². The van der Waals surface area contributed by atoms with Crippen molar-refractivity contribution in [2.24, 2.45) is 0 Å². The van der Waals surface area contributed by atoms with E-state index in [-0.39, 0.29) is 5.49 Å². The minimum Gasteiger partial charge on any atom is -0.340 e. The second-order valence-corrected chi connectivity index (χ2v) is 2.99. The van der Waals surface area contributed by atoms with E-state index in [1.807, 2.05) is 28.8 Å². The van der Waals surface area contributed by atoms with Crippen molar-refractivity contribution in [3.63, 3.8) is 0 Å². The Bertz CT molecular complexity index is 663. The largest absolute Gasteiger partial charge is 0.340 e. The molecule has 3 aromatic rings. The third-order valence-electron chi connectivity index (χ3n) is 2.15. The van der Waals surface area contributed by atoms with Crippen LogP contribution in [0, 0.1) is 5.41 Å². The Morgan fingerprint density at radius 3 is 3.21 bits per heavy atom. The smallest absolute Gasteiger partial charge is 0.174 e. The number of fused-ring (bicyclic) bond motifs is 3. The molecule has 0 fully saturated rings. The molecule has 0 saturated heterocycles. The number of hydrogen-bond donors (Lipinski definition) is 2. The maximum absolute atomic E-state index is 7.67. The van der Waals surface area contributed by atoms with Gasteiger partial charge in [0.25, 0.3) is 0 Å². The van der Waals surface area contributed by atoms with E-state index < -0.39 is 0 Å². The highest BCUT2D eigenvalue weighted by Crippen LogP contribution is 2.05. The molecule has 0 spiro atoms. The van der Waals surface area contributed by atoms with Crippen LogP contribution in [0.3, 0.4) is 0 Å². The summed E-state index contributed by atoms with van der Waals surface area (Å²) in [4.78, 5) is 11.2. The summed E-state index contributed by atoms with van der Waals surface area (Å²) in [5.74, 6) is 0. The van der Waals surface area contributed by atoms with Gasteiger partial charge in [0.1, 0.15) is 11.2 Å². The lowest BCUT2D eigenvalue weighted by atomic mass is 10.4. The first-order valence-electron chi connectivity index (χ1n) is 4.21. The van der Waals surface area contributed by atoms with Gasteiger partial charge in [-0.15, -0.1) is 0 Å². The molecule has 68 valence electrons. The van der Waals surface area contributed by atoms with Crippen LogP contribution < -0.4 is 5.49 Å². The van der Waals surface area contributed by atoms with Gasteiger partial charge in [-0.2, -0.15) is 0 Å². The molecule has 2 N–H and O–H groups in total. The predicted molar refractivity (Wildman–Crippen MR) is 50.7 cm³/mol. The lowest BCUT2D eigenvalue weighted by Crippen LogP contribution is -2.10. The summed E-state index contributed by atoms with van der Waals surface area (Å²) < 4.78 is 1.85. The fourth-order valence-electron chi connectivity index (χ4n) is 1.52. The van der Waals surface area contributed by atoms with E-state index in [4.69, 9.17) is 5.41 Å². The minimum atomic E-state index is 0.226. The number of nitrogens with one attached hydrogen (secondary N) is 2. The molecular formula is C9H7N5. The molecule has 0 aliphatic heterocycles. The highest BCUT2D eigenvalue weighted by Gasteiger charge is 2.03. The van der Waals surface area contributed by atoms with Crippen LogP contribution in [0.5, 0.6) is 0 Å². The van der Waals surface area contributed by atoms with Crippen LogP contribution in [0.4, 0.5) is 0 Å². The number of aromatic amines is 1. The van der Waals surface area contributed by atoms with Gasteiger partial charge in [0.15, 0.2) is 11.1 Å². The van der Waals surface area contributed by atoms with Crippen molar-refractivity contribution < 1.29 is 0 Å². The molecule has 3 rings (SSSR count). The molecule has 14 heavy (non-hydrogen) atoms. The van der Waals surface area contributed by atoms with E-state index in [2.05, 4.69) is 15.0 Å². The van der Waals surface area contributed by atoms with Crippen molar-refractivity contribution in [1.29, 1.82) is 5.41 Å². The van der Waals surface area contributed by atoms with Crippen LogP contribution >= 0.6 is 0 Å². The van der Waals surface area contributed by atoms with Gasteiger partial charge >= 0.3 is 0 Å². The highest BCUT2D eigenvalue weighted by atomic mass is 15.1. The quantitative estimate of drug-likeness (QED) is 0.541. The number of imidazole rings is 1. The number of nitrogens with zero attached hydrogens (tertiary/aromatic N) is 3. The summed E-state index contributed by atoms with van der Waals surface area (Å²) in [7, 11) is 0. The van der Waals surface area contributed by atoms with Gasteiger partial charge < -0.3 is 4.98 Å². The molecule has 0 unspecified atom stereocenters. The summed E-state index contributed by atoms with van der Waals surface area (Å²) in [6, 6.07) is 5.65. The van der Waals surface area contributed by atoms with Gasteiger partial charge in [-0.1, -0.05) is 6.07 Å². The number of H-pyrrole nitrogens is 1. The zero-order valence-corrected chi connectivity index (χ0v) is 7.23. The standard InChI is InChI=1S/C9H7N5/c10-8-7-9(12-5-11-7)14-4-2-1-3-6(14)13-8/h1-5,10H,(H,11,12). The van der Waals surface area contributed by atoms with Gasteiger partial charge in [-0.3, -0.25) is 9.81 Å². The number of hydrogen-bond acceptors (Lipinski definition) is 3. The van der Waals surface area contributed by atoms with Gasteiger partial charge in [0, 0.05) is 6.20 Å². The molecule has 0 aliphatic rings. The Kier molecular flexibility index (Phi) is 1.25. The number of aromatic nitrogens is 4. The highest BCUT2D eigenvalue weighted by molar-refractivity contribution is 5.71. The molecule has 5 nitrogen and oxygen atoms in total. The molecule has 0 aromatic carbocycles. The van der Waals surface area contributed by atoms with E-state index >= 15 is 0 Å². The van der Waals surface area contributed by atoms with Gasteiger partial charge in [-0.25, -0.2) is 9.97 Å². The molecule has 0 aliphatic carbocycles. The second kappa shape index (κ2) is 2.41. The molecule has 0 bridgehead atoms. The van der Waals surface area contributed by atoms with Crippen molar-refractivity contribution in [3.05, 3.63) is 36.2 Å². The lowest BCUT2D eigenvalue weighted by molar-refractivity contribution is 1.06. The van der Waals surface area contributed by atoms with Crippen molar-refractivity contribution in [3.8, 4) is 0 Å². The van der Waals surface area contributed by atoms with Crippen molar-refractivity contribution in [2.75, 3.05) is 0 Å². The van der Waals surface area contributed by atoms with E-state index in [0.29, 0.717) is 5.52 Å². The second-order valence-electron chi connectivity index (χ2n) is 2.99. The third-order valence-corrected chi connectivity index (χ3v) is 2.15. The summed E-state index contributed by atoms with van der Waals surface area (Å²) in [5, 5.41) is 7.67. The average molecular weight is 185 g/mol. The van der Waals surface area contributed by atoms with Crippen molar-refractivity contribution in [2.45, 2.75) is 0 Å². The normalized spacial score (nSPS) is 11.1. The Morgan fingerprint density at radius 2 is 2.29 bits per heavy atom. The molecular weight excluding hydrogens is 178 g/mol. The van der Waals surface area contributed by atoms with Crippen molar-refractivity contribution >= 4 is 16.8 Å².